The van der Waals surface area contributed by atoms with Crippen LogP contribution in [0.1, 0.15) is 0 Å². The van der Waals surface area contributed by atoms with Gasteiger partial charge in [0.25, 0.3) is 11.7 Å². The third kappa shape index (κ3) is 3.51. The number of hydrogen-bond acceptors (Lipinski definition) is 5. The van der Waals surface area contributed by atoms with Crippen molar-refractivity contribution < 1.29 is 9.53 Å². The summed E-state index contributed by atoms with van der Waals surface area (Å²) >= 11 is 0. The number of imidazole rings is 1. The molecule has 0 bridgehead atoms. The normalized spacial score (nSPS) is 10.6. The molecule has 2 heterocycles. The Morgan fingerprint density at radius 2 is 1.88 bits per heavy atom. The molecular formula is C19H15N5O2. The highest BCUT2D eigenvalue weighted by molar-refractivity contribution is 5.92. The van der Waals surface area contributed by atoms with E-state index in [-0.39, 0.29) is 12.5 Å². The molecule has 0 aliphatic carbocycles. The van der Waals surface area contributed by atoms with Crippen LogP contribution in [-0.2, 0) is 4.79 Å². The number of para-hydroxylation sites is 1. The third-order valence-electron chi connectivity index (χ3n) is 3.73. The number of amides is 1. The van der Waals surface area contributed by atoms with Crippen LogP contribution >= 0.6 is 0 Å². The molecule has 0 spiro atoms. The molecule has 0 aliphatic heterocycles. The summed E-state index contributed by atoms with van der Waals surface area (Å²) in [6, 6.07) is 16.7. The van der Waals surface area contributed by atoms with E-state index in [0.29, 0.717) is 17.2 Å². The molecule has 0 aliphatic rings. The highest BCUT2D eigenvalue weighted by atomic mass is 16.5. The first kappa shape index (κ1) is 15.8. The highest BCUT2D eigenvalue weighted by Crippen LogP contribution is 2.20. The van der Waals surface area contributed by atoms with E-state index in [1.807, 2.05) is 48.7 Å². The number of carbonyl (C=O) groups excluding carboxylic acids is 1. The number of benzene rings is 2. The minimum Gasteiger partial charge on any atom is -0.484 e. The van der Waals surface area contributed by atoms with Crippen molar-refractivity contribution in [3.63, 3.8) is 0 Å². The first-order valence-corrected chi connectivity index (χ1v) is 8.02. The maximum atomic E-state index is 12.0. The second kappa shape index (κ2) is 7.02. The number of rotatable bonds is 5. The van der Waals surface area contributed by atoms with Crippen LogP contribution in [0.2, 0.25) is 0 Å². The predicted molar refractivity (Wildman–Crippen MR) is 96.8 cm³/mol. The van der Waals surface area contributed by atoms with E-state index in [2.05, 4.69) is 20.5 Å². The molecule has 1 N–H and O–H groups in total. The number of carbonyl (C=O) groups is 1. The summed E-state index contributed by atoms with van der Waals surface area (Å²) in [6.45, 7) is -0.0448. The summed E-state index contributed by atoms with van der Waals surface area (Å²) in [5.41, 5.74) is 2.41. The van der Waals surface area contributed by atoms with Crippen LogP contribution in [-0.4, -0.2) is 32.1 Å². The molecule has 7 nitrogen and oxygen atoms in total. The molecule has 2 aromatic heterocycles. The minimum absolute atomic E-state index is 0.0448. The lowest BCUT2D eigenvalue weighted by Gasteiger charge is -2.07. The van der Waals surface area contributed by atoms with Crippen LogP contribution in [0, 0.1) is 0 Å². The molecule has 0 unspecified atom stereocenters. The van der Waals surface area contributed by atoms with Gasteiger partial charge < -0.3 is 10.1 Å². The van der Waals surface area contributed by atoms with Gasteiger partial charge in [-0.05, 0) is 24.3 Å². The molecule has 26 heavy (non-hydrogen) atoms. The predicted octanol–water partition coefficient (Wildman–Crippen LogP) is 2.81. The molecule has 1 amide bonds. The molecule has 128 valence electrons. The fraction of sp³-hybridized carbons (Fsp3) is 0.0526. The van der Waals surface area contributed by atoms with Gasteiger partial charge in [0.2, 0.25) is 0 Å². The van der Waals surface area contributed by atoms with Gasteiger partial charge in [-0.25, -0.2) is 4.98 Å². The molecule has 2 aromatic carbocycles. The monoisotopic (exact) mass is 345 g/mol. The number of fused-ring (bicyclic) bond motifs is 1. The fourth-order valence-corrected chi connectivity index (χ4v) is 2.48. The average molecular weight is 345 g/mol. The molecule has 0 saturated carbocycles. The van der Waals surface area contributed by atoms with Crippen LogP contribution in [0.3, 0.4) is 0 Å². The van der Waals surface area contributed by atoms with Gasteiger partial charge in [-0.2, -0.15) is 5.10 Å². The standard InChI is InChI=1S/C19H15N5O2/c25-18(13-26-16-4-2-1-3-5-16)21-15-8-6-14(7-9-15)17-12-24-11-10-20-23-19(24)22-17/h1-12H,13H2,(H,21,25). The summed E-state index contributed by atoms with van der Waals surface area (Å²) in [6.07, 6.45) is 5.28. The van der Waals surface area contributed by atoms with Gasteiger partial charge in [0, 0.05) is 23.6 Å². The maximum absolute atomic E-state index is 12.0. The van der Waals surface area contributed by atoms with Gasteiger partial charge in [-0.15, -0.1) is 5.10 Å². The van der Waals surface area contributed by atoms with E-state index in [1.165, 1.54) is 0 Å². The van der Waals surface area contributed by atoms with E-state index in [0.717, 1.165) is 11.3 Å². The lowest BCUT2D eigenvalue weighted by atomic mass is 10.1. The van der Waals surface area contributed by atoms with Crippen molar-refractivity contribution in [1.29, 1.82) is 0 Å². The van der Waals surface area contributed by atoms with Gasteiger partial charge in [0.1, 0.15) is 5.75 Å². The van der Waals surface area contributed by atoms with E-state index in [1.54, 1.807) is 28.9 Å². The lowest BCUT2D eigenvalue weighted by Crippen LogP contribution is -2.20. The number of nitrogens with zero attached hydrogens (tertiary/aromatic N) is 4. The Morgan fingerprint density at radius 1 is 1.08 bits per heavy atom. The van der Waals surface area contributed by atoms with Gasteiger partial charge in [0.05, 0.1) is 11.9 Å². The summed E-state index contributed by atoms with van der Waals surface area (Å²) in [7, 11) is 0. The van der Waals surface area contributed by atoms with Crippen molar-refractivity contribution in [2.24, 2.45) is 0 Å². The molecule has 0 atom stereocenters. The summed E-state index contributed by atoms with van der Waals surface area (Å²) < 4.78 is 7.23. The first-order chi connectivity index (χ1) is 12.8. The van der Waals surface area contributed by atoms with E-state index < -0.39 is 0 Å². The molecule has 4 aromatic rings. The van der Waals surface area contributed by atoms with Gasteiger partial charge in [-0.3, -0.25) is 9.20 Å². The Kier molecular flexibility index (Phi) is 4.26. The van der Waals surface area contributed by atoms with Crippen molar-refractivity contribution in [3.8, 4) is 17.0 Å². The highest BCUT2D eigenvalue weighted by Gasteiger charge is 2.07. The SMILES string of the molecule is O=C(COc1ccccc1)Nc1ccc(-c2cn3ccnnc3n2)cc1. The average Bonchev–Trinajstić information content (AvgIpc) is 3.12. The molecule has 0 saturated heterocycles. The Hall–Kier alpha value is -3.74. The van der Waals surface area contributed by atoms with Crippen LogP contribution in [0.15, 0.2) is 73.2 Å². The largest absolute Gasteiger partial charge is 0.484 e. The molecule has 0 fully saturated rings. The zero-order valence-electron chi connectivity index (χ0n) is 13.7. The van der Waals surface area contributed by atoms with E-state index >= 15 is 0 Å². The zero-order valence-corrected chi connectivity index (χ0v) is 13.7. The first-order valence-electron chi connectivity index (χ1n) is 8.02. The van der Waals surface area contributed by atoms with E-state index in [9.17, 15) is 4.79 Å². The molecular weight excluding hydrogens is 330 g/mol. The molecule has 0 radical (unpaired) electrons. The third-order valence-corrected chi connectivity index (χ3v) is 3.73. The van der Waals surface area contributed by atoms with Crippen LogP contribution in [0.25, 0.3) is 17.0 Å². The Morgan fingerprint density at radius 3 is 2.65 bits per heavy atom. The second-order valence-electron chi connectivity index (χ2n) is 5.57. The summed E-state index contributed by atoms with van der Waals surface area (Å²) in [5.74, 6) is 0.982. The van der Waals surface area contributed by atoms with Crippen LogP contribution in [0.4, 0.5) is 5.69 Å². The van der Waals surface area contributed by atoms with Crippen molar-refractivity contribution in [3.05, 3.63) is 73.2 Å². The Bertz CT molecular complexity index is 996. The summed E-state index contributed by atoms with van der Waals surface area (Å²) in [4.78, 5) is 16.4. The smallest absolute Gasteiger partial charge is 0.262 e. The maximum Gasteiger partial charge on any atom is 0.262 e. The number of nitrogens with one attached hydrogen (secondary N) is 1. The number of anilines is 1. The topological polar surface area (TPSA) is 81.4 Å². The van der Waals surface area contributed by atoms with Crippen molar-refractivity contribution in [2.45, 2.75) is 0 Å². The van der Waals surface area contributed by atoms with Crippen molar-refractivity contribution in [1.82, 2.24) is 19.6 Å². The molecule has 7 heteroatoms. The van der Waals surface area contributed by atoms with Crippen LogP contribution < -0.4 is 10.1 Å². The van der Waals surface area contributed by atoms with Gasteiger partial charge in [-0.1, -0.05) is 30.3 Å². The minimum atomic E-state index is -0.218. The van der Waals surface area contributed by atoms with E-state index in [4.69, 9.17) is 4.74 Å². The Labute approximate surface area is 149 Å². The Balaban J connectivity index is 1.40. The molecule has 4 rings (SSSR count). The zero-order chi connectivity index (χ0) is 17.8. The number of hydrogen-bond donors (Lipinski definition) is 1. The van der Waals surface area contributed by atoms with Crippen molar-refractivity contribution in [2.75, 3.05) is 11.9 Å². The quantitative estimate of drug-likeness (QED) is 0.601. The fourth-order valence-electron chi connectivity index (χ4n) is 2.48. The second-order valence-corrected chi connectivity index (χ2v) is 5.57. The van der Waals surface area contributed by atoms with Gasteiger partial charge in [0.15, 0.2) is 6.61 Å². The van der Waals surface area contributed by atoms with Crippen LogP contribution in [0.5, 0.6) is 5.75 Å². The van der Waals surface area contributed by atoms with Crippen molar-refractivity contribution >= 4 is 17.4 Å². The van der Waals surface area contributed by atoms with Gasteiger partial charge >= 0.3 is 0 Å². The lowest BCUT2D eigenvalue weighted by molar-refractivity contribution is -0.118. The number of ether oxygens (including phenoxy) is 1. The summed E-state index contributed by atoms with van der Waals surface area (Å²) in [5, 5.41) is 10.6. The number of aromatic nitrogens is 4.